The summed E-state index contributed by atoms with van der Waals surface area (Å²) in [5.41, 5.74) is 4.79. The molecule has 0 aliphatic heterocycles. The van der Waals surface area contributed by atoms with Gasteiger partial charge in [0.15, 0.2) is 0 Å². The first-order valence-corrected chi connectivity index (χ1v) is 7.70. The first kappa shape index (κ1) is 14.6. The fraction of sp³-hybridized carbons (Fsp3) is 0.667. The molecule has 0 radical (unpaired) electrons. The Morgan fingerprint density at radius 1 is 1.05 bits per heavy atom. The van der Waals surface area contributed by atoms with E-state index in [0.717, 1.165) is 12.0 Å². The van der Waals surface area contributed by atoms with Crippen LogP contribution in [0.1, 0.15) is 69.1 Å². The molecule has 1 aliphatic carbocycles. The van der Waals surface area contributed by atoms with Gasteiger partial charge < -0.3 is 5.32 Å². The van der Waals surface area contributed by atoms with Crippen LogP contribution in [0.4, 0.5) is 0 Å². The van der Waals surface area contributed by atoms with E-state index >= 15 is 0 Å². The van der Waals surface area contributed by atoms with Crippen molar-refractivity contribution in [1.82, 2.24) is 5.32 Å². The van der Waals surface area contributed by atoms with E-state index < -0.39 is 0 Å². The van der Waals surface area contributed by atoms with Crippen LogP contribution in [-0.4, -0.2) is 13.1 Å². The smallest absolute Gasteiger partial charge is 0.00644 e. The van der Waals surface area contributed by atoms with E-state index in [1.165, 1.54) is 36.8 Å². The average Bonchev–Trinajstić information content (AvgIpc) is 2.38. The van der Waals surface area contributed by atoms with Gasteiger partial charge in [0.2, 0.25) is 0 Å². The molecule has 106 valence electrons. The quantitative estimate of drug-likeness (QED) is 0.822. The molecule has 1 aromatic carbocycles. The van der Waals surface area contributed by atoms with Crippen molar-refractivity contribution >= 4 is 0 Å². The third kappa shape index (κ3) is 3.39. The second-order valence-electron chi connectivity index (χ2n) is 7.16. The summed E-state index contributed by atoms with van der Waals surface area (Å²) in [5, 5.41) is 3.42. The van der Waals surface area contributed by atoms with E-state index in [4.69, 9.17) is 0 Å². The molecule has 0 bridgehead atoms. The number of benzene rings is 1. The van der Waals surface area contributed by atoms with E-state index in [-0.39, 0.29) is 5.41 Å². The van der Waals surface area contributed by atoms with Gasteiger partial charge in [-0.05, 0) is 67.7 Å². The molecular weight excluding hydrogens is 230 g/mol. The van der Waals surface area contributed by atoms with Gasteiger partial charge in [-0.25, -0.2) is 0 Å². The largest absolute Gasteiger partial charge is 0.317 e. The Balaban J connectivity index is 2.14. The highest BCUT2D eigenvalue weighted by Crippen LogP contribution is 2.35. The maximum atomic E-state index is 3.42. The molecule has 1 aliphatic rings. The molecule has 0 amide bonds. The van der Waals surface area contributed by atoms with Crippen molar-refractivity contribution in [1.29, 1.82) is 0 Å². The molecule has 2 rings (SSSR count). The summed E-state index contributed by atoms with van der Waals surface area (Å²) in [6, 6.07) is 7.87. The molecular formula is C18H29N. The highest BCUT2D eigenvalue weighted by Gasteiger charge is 2.23. The van der Waals surface area contributed by atoms with E-state index in [9.17, 15) is 0 Å². The summed E-state index contributed by atoms with van der Waals surface area (Å²) in [6.45, 7) is 9.16. The lowest BCUT2D eigenvalue weighted by Gasteiger charge is -2.30. The maximum absolute atomic E-state index is 3.42. The van der Waals surface area contributed by atoms with Crippen LogP contribution in [-0.2, 0) is 5.41 Å². The predicted molar refractivity (Wildman–Crippen MR) is 83.9 cm³/mol. The lowest BCUT2D eigenvalue weighted by Crippen LogP contribution is -2.29. The van der Waals surface area contributed by atoms with Gasteiger partial charge in [-0.1, -0.05) is 39.0 Å². The molecule has 0 aromatic heterocycles. The Morgan fingerprint density at radius 3 is 2.16 bits per heavy atom. The molecule has 1 fully saturated rings. The molecule has 19 heavy (non-hydrogen) atoms. The standard InChI is InChI=1S/C18H29N/c1-13-12-15(18(2,3)4)8-11-17(13)14-6-9-16(19-5)10-7-14/h8,11-12,14,16,19H,6-7,9-10H2,1-5H3. The zero-order chi connectivity index (χ0) is 14.0. The lowest BCUT2D eigenvalue weighted by molar-refractivity contribution is 0.358. The third-order valence-corrected chi connectivity index (χ3v) is 4.71. The Bertz CT molecular complexity index is 420. The van der Waals surface area contributed by atoms with Gasteiger partial charge in [0.05, 0.1) is 0 Å². The molecule has 0 spiro atoms. The SMILES string of the molecule is CNC1CCC(c2ccc(C(C)(C)C)cc2C)CC1. The zero-order valence-corrected chi connectivity index (χ0v) is 13.2. The first-order chi connectivity index (χ1) is 8.91. The normalized spacial score (nSPS) is 24.5. The minimum absolute atomic E-state index is 0.257. The monoisotopic (exact) mass is 259 g/mol. The van der Waals surface area contributed by atoms with Crippen LogP contribution in [0.2, 0.25) is 0 Å². The topological polar surface area (TPSA) is 12.0 Å². The van der Waals surface area contributed by atoms with Crippen molar-refractivity contribution in [2.45, 2.75) is 70.8 Å². The summed E-state index contributed by atoms with van der Waals surface area (Å²) in [5.74, 6) is 0.776. The molecule has 1 N–H and O–H groups in total. The fourth-order valence-electron chi connectivity index (χ4n) is 3.29. The Kier molecular flexibility index (Phi) is 4.35. The van der Waals surface area contributed by atoms with Gasteiger partial charge in [0, 0.05) is 6.04 Å². The van der Waals surface area contributed by atoms with Crippen LogP contribution in [0.3, 0.4) is 0 Å². The molecule has 0 unspecified atom stereocenters. The summed E-state index contributed by atoms with van der Waals surface area (Å²) < 4.78 is 0. The van der Waals surface area contributed by atoms with Gasteiger partial charge >= 0.3 is 0 Å². The summed E-state index contributed by atoms with van der Waals surface area (Å²) >= 11 is 0. The first-order valence-electron chi connectivity index (χ1n) is 7.70. The van der Waals surface area contributed by atoms with Crippen LogP contribution < -0.4 is 5.32 Å². The molecule has 0 heterocycles. The van der Waals surface area contributed by atoms with E-state index in [1.54, 1.807) is 5.56 Å². The molecule has 1 heteroatoms. The summed E-state index contributed by atoms with van der Waals surface area (Å²) in [4.78, 5) is 0. The number of hydrogen-bond acceptors (Lipinski definition) is 1. The van der Waals surface area contributed by atoms with Crippen LogP contribution in [0.15, 0.2) is 18.2 Å². The highest BCUT2D eigenvalue weighted by molar-refractivity contribution is 5.36. The molecule has 0 atom stereocenters. The van der Waals surface area contributed by atoms with Crippen LogP contribution >= 0.6 is 0 Å². The number of rotatable bonds is 2. The average molecular weight is 259 g/mol. The predicted octanol–water partition coefficient (Wildman–Crippen LogP) is 4.54. The third-order valence-electron chi connectivity index (χ3n) is 4.71. The Labute approximate surface area is 118 Å². The molecule has 1 aromatic rings. The Hall–Kier alpha value is -0.820. The second-order valence-corrected chi connectivity index (χ2v) is 7.16. The number of aryl methyl sites for hydroxylation is 1. The fourth-order valence-corrected chi connectivity index (χ4v) is 3.29. The van der Waals surface area contributed by atoms with Crippen molar-refractivity contribution in [3.05, 3.63) is 34.9 Å². The van der Waals surface area contributed by atoms with Crippen LogP contribution in [0.5, 0.6) is 0 Å². The van der Waals surface area contributed by atoms with Gasteiger partial charge in [0.25, 0.3) is 0 Å². The second kappa shape index (κ2) is 5.66. The highest BCUT2D eigenvalue weighted by atomic mass is 14.9. The summed E-state index contributed by atoms with van der Waals surface area (Å²) in [7, 11) is 2.09. The van der Waals surface area contributed by atoms with E-state index in [0.29, 0.717) is 0 Å². The van der Waals surface area contributed by atoms with Gasteiger partial charge in [-0.2, -0.15) is 0 Å². The Morgan fingerprint density at radius 2 is 1.68 bits per heavy atom. The van der Waals surface area contributed by atoms with Gasteiger partial charge in [0.1, 0.15) is 0 Å². The zero-order valence-electron chi connectivity index (χ0n) is 13.2. The van der Waals surface area contributed by atoms with E-state index in [2.05, 4.69) is 58.3 Å². The van der Waals surface area contributed by atoms with Crippen LogP contribution in [0, 0.1) is 6.92 Å². The van der Waals surface area contributed by atoms with Crippen molar-refractivity contribution < 1.29 is 0 Å². The van der Waals surface area contributed by atoms with Gasteiger partial charge in [-0.15, -0.1) is 0 Å². The van der Waals surface area contributed by atoms with Crippen LogP contribution in [0.25, 0.3) is 0 Å². The number of nitrogens with one attached hydrogen (secondary N) is 1. The molecule has 0 saturated heterocycles. The summed E-state index contributed by atoms with van der Waals surface area (Å²) in [6.07, 6.45) is 5.31. The maximum Gasteiger partial charge on any atom is 0.00644 e. The van der Waals surface area contributed by atoms with Crippen molar-refractivity contribution in [3.63, 3.8) is 0 Å². The molecule has 1 saturated carbocycles. The lowest BCUT2D eigenvalue weighted by atomic mass is 9.78. The minimum atomic E-state index is 0.257. The minimum Gasteiger partial charge on any atom is -0.317 e. The van der Waals surface area contributed by atoms with Crippen molar-refractivity contribution in [2.75, 3.05) is 7.05 Å². The number of hydrogen-bond donors (Lipinski definition) is 1. The molecule has 1 nitrogen and oxygen atoms in total. The van der Waals surface area contributed by atoms with Crippen molar-refractivity contribution in [2.24, 2.45) is 0 Å². The van der Waals surface area contributed by atoms with Crippen molar-refractivity contribution in [3.8, 4) is 0 Å². The van der Waals surface area contributed by atoms with E-state index in [1.807, 2.05) is 0 Å². The van der Waals surface area contributed by atoms with Gasteiger partial charge in [-0.3, -0.25) is 0 Å².